The van der Waals surface area contributed by atoms with Gasteiger partial charge in [-0.25, -0.2) is 0 Å². The van der Waals surface area contributed by atoms with Gasteiger partial charge >= 0.3 is 0 Å². The van der Waals surface area contributed by atoms with Crippen LogP contribution < -0.4 is 15.2 Å². The van der Waals surface area contributed by atoms with E-state index < -0.39 is 0 Å². The Bertz CT molecular complexity index is 498. The number of nitrogens with zero attached hydrogens (tertiary/aromatic N) is 1. The van der Waals surface area contributed by atoms with Crippen LogP contribution in [-0.2, 0) is 5.54 Å². The average molecular weight is 290 g/mol. The van der Waals surface area contributed by atoms with Gasteiger partial charge < -0.3 is 20.1 Å². The van der Waals surface area contributed by atoms with Crippen LogP contribution in [0.5, 0.6) is 11.5 Å². The molecule has 1 atom stereocenters. The minimum Gasteiger partial charge on any atom is -0.493 e. The van der Waals surface area contributed by atoms with Crippen LogP contribution in [0.3, 0.4) is 0 Å². The summed E-state index contributed by atoms with van der Waals surface area (Å²) >= 11 is 0. The van der Waals surface area contributed by atoms with Crippen LogP contribution in [0.1, 0.15) is 37.7 Å². The molecule has 1 aliphatic heterocycles. The summed E-state index contributed by atoms with van der Waals surface area (Å²) in [6.07, 6.45) is 5.88. The highest BCUT2D eigenvalue weighted by atomic mass is 16.5. The van der Waals surface area contributed by atoms with Crippen molar-refractivity contribution in [1.82, 2.24) is 4.90 Å². The molecule has 116 valence electrons. The molecule has 1 aromatic carbocycles. The largest absolute Gasteiger partial charge is 0.493 e. The molecule has 0 radical (unpaired) electrons. The number of nitrogens with two attached hydrogens (primary N) is 1. The molecule has 1 unspecified atom stereocenters. The Morgan fingerprint density at radius 3 is 2.62 bits per heavy atom. The number of hydrogen-bond acceptors (Lipinski definition) is 4. The molecule has 1 saturated heterocycles. The molecule has 2 aliphatic rings. The van der Waals surface area contributed by atoms with E-state index in [0.29, 0.717) is 0 Å². The molecule has 0 amide bonds. The van der Waals surface area contributed by atoms with Gasteiger partial charge in [-0.3, -0.25) is 0 Å². The van der Waals surface area contributed by atoms with Gasteiger partial charge in [0.25, 0.3) is 0 Å². The lowest BCUT2D eigenvalue weighted by Gasteiger charge is -2.25. The van der Waals surface area contributed by atoms with Crippen LogP contribution in [0.25, 0.3) is 0 Å². The van der Waals surface area contributed by atoms with Crippen molar-refractivity contribution in [3.63, 3.8) is 0 Å². The molecule has 3 rings (SSSR count). The van der Waals surface area contributed by atoms with Crippen LogP contribution in [0.15, 0.2) is 18.2 Å². The van der Waals surface area contributed by atoms with Crippen molar-refractivity contribution < 1.29 is 9.47 Å². The van der Waals surface area contributed by atoms with Gasteiger partial charge in [-0.2, -0.15) is 0 Å². The molecule has 0 bridgehead atoms. The third kappa shape index (κ3) is 3.01. The molecule has 1 saturated carbocycles. The quantitative estimate of drug-likeness (QED) is 0.925. The molecule has 1 heterocycles. The smallest absolute Gasteiger partial charge is 0.161 e. The zero-order chi connectivity index (χ0) is 14.9. The van der Waals surface area contributed by atoms with E-state index in [4.69, 9.17) is 15.2 Å². The Hall–Kier alpha value is -1.26. The number of rotatable bonds is 4. The van der Waals surface area contributed by atoms with E-state index in [1.807, 2.05) is 6.07 Å². The van der Waals surface area contributed by atoms with Gasteiger partial charge in [0.05, 0.1) is 7.11 Å². The van der Waals surface area contributed by atoms with Gasteiger partial charge in [-0.15, -0.1) is 0 Å². The lowest BCUT2D eigenvalue weighted by atomic mass is 9.89. The Morgan fingerprint density at radius 2 is 2.00 bits per heavy atom. The van der Waals surface area contributed by atoms with E-state index in [-0.39, 0.29) is 11.6 Å². The van der Waals surface area contributed by atoms with Crippen molar-refractivity contribution >= 4 is 0 Å². The summed E-state index contributed by atoms with van der Waals surface area (Å²) in [5, 5.41) is 0. The highest BCUT2D eigenvalue weighted by Crippen LogP contribution is 2.40. The molecule has 4 nitrogen and oxygen atoms in total. The summed E-state index contributed by atoms with van der Waals surface area (Å²) in [6, 6.07) is 6.21. The molecule has 2 N–H and O–H groups in total. The van der Waals surface area contributed by atoms with Crippen molar-refractivity contribution in [3.8, 4) is 11.5 Å². The highest BCUT2D eigenvalue weighted by Gasteiger charge is 2.32. The monoisotopic (exact) mass is 290 g/mol. The second-order valence-corrected chi connectivity index (χ2v) is 6.52. The average Bonchev–Trinajstić information content (AvgIpc) is 3.09. The lowest BCUT2D eigenvalue weighted by molar-refractivity contribution is 0.199. The molecule has 2 fully saturated rings. The highest BCUT2D eigenvalue weighted by molar-refractivity contribution is 5.45. The maximum atomic E-state index is 6.53. The van der Waals surface area contributed by atoms with E-state index in [0.717, 1.165) is 43.9 Å². The zero-order valence-corrected chi connectivity index (χ0v) is 13.1. The molecular weight excluding hydrogens is 264 g/mol. The Morgan fingerprint density at radius 1 is 1.24 bits per heavy atom. The third-order valence-electron chi connectivity index (χ3n) is 4.88. The normalized spacial score (nSPS) is 25.2. The number of hydrogen-bond donors (Lipinski definition) is 1. The fourth-order valence-electron chi connectivity index (χ4n) is 3.54. The summed E-state index contributed by atoms with van der Waals surface area (Å²) in [5.74, 6) is 1.64. The van der Waals surface area contributed by atoms with E-state index in [1.165, 1.54) is 18.4 Å². The number of likely N-dealkylation sites (tertiary alicyclic amines) is 1. The second kappa shape index (κ2) is 5.85. The van der Waals surface area contributed by atoms with Crippen LogP contribution in [0, 0.1) is 0 Å². The minimum absolute atomic E-state index is 0.181. The molecular formula is C17H26N2O2. The molecule has 4 heteroatoms. The predicted octanol–water partition coefficient (Wildman–Crippen LogP) is 2.51. The zero-order valence-electron chi connectivity index (χ0n) is 13.1. The van der Waals surface area contributed by atoms with Gasteiger partial charge in [0, 0.05) is 18.6 Å². The summed E-state index contributed by atoms with van der Waals surface area (Å²) in [6.45, 7) is 2.07. The number of benzene rings is 1. The van der Waals surface area contributed by atoms with Crippen molar-refractivity contribution in [3.05, 3.63) is 23.8 Å². The fraction of sp³-hybridized carbons (Fsp3) is 0.647. The number of methoxy groups -OCH3 is 1. The van der Waals surface area contributed by atoms with Crippen LogP contribution in [0.4, 0.5) is 0 Å². The summed E-state index contributed by atoms with van der Waals surface area (Å²) < 4.78 is 11.6. The maximum absolute atomic E-state index is 6.53. The maximum Gasteiger partial charge on any atom is 0.161 e. The van der Waals surface area contributed by atoms with Gasteiger partial charge in [0.15, 0.2) is 11.5 Å². The van der Waals surface area contributed by atoms with Crippen molar-refractivity contribution in [2.75, 3.05) is 27.2 Å². The first-order valence-electron chi connectivity index (χ1n) is 7.93. The molecule has 21 heavy (non-hydrogen) atoms. The standard InChI is InChI=1S/C17H26N2O2/c1-19-10-7-14(12-19)21-15-6-5-13(11-16(15)20-2)17(18)8-3-4-9-17/h5-6,11,14H,3-4,7-10,12,18H2,1-2H3. The Balaban J connectivity index is 1.79. The first-order valence-corrected chi connectivity index (χ1v) is 7.93. The van der Waals surface area contributed by atoms with Gasteiger partial charge in [-0.05, 0) is 44.0 Å². The van der Waals surface area contributed by atoms with Crippen molar-refractivity contribution in [2.24, 2.45) is 5.73 Å². The number of ether oxygens (including phenoxy) is 2. The second-order valence-electron chi connectivity index (χ2n) is 6.52. The minimum atomic E-state index is -0.181. The van der Waals surface area contributed by atoms with Gasteiger partial charge in [0.1, 0.15) is 6.10 Å². The van der Waals surface area contributed by atoms with Crippen LogP contribution in [0.2, 0.25) is 0 Å². The summed E-state index contributed by atoms with van der Waals surface area (Å²) in [7, 11) is 3.83. The van der Waals surface area contributed by atoms with E-state index in [9.17, 15) is 0 Å². The van der Waals surface area contributed by atoms with Crippen LogP contribution in [-0.4, -0.2) is 38.3 Å². The topological polar surface area (TPSA) is 47.7 Å². The summed E-state index contributed by atoms with van der Waals surface area (Å²) in [4.78, 5) is 2.29. The molecule has 1 aromatic rings. The van der Waals surface area contributed by atoms with E-state index in [1.54, 1.807) is 7.11 Å². The predicted molar refractivity (Wildman–Crippen MR) is 83.9 cm³/mol. The van der Waals surface area contributed by atoms with Crippen molar-refractivity contribution in [1.29, 1.82) is 0 Å². The molecule has 1 aliphatic carbocycles. The number of likely N-dealkylation sites (N-methyl/N-ethyl adjacent to an activating group) is 1. The van der Waals surface area contributed by atoms with Crippen LogP contribution >= 0.6 is 0 Å². The molecule has 0 aromatic heterocycles. The molecule has 0 spiro atoms. The fourth-order valence-corrected chi connectivity index (χ4v) is 3.54. The SMILES string of the molecule is COc1cc(C2(N)CCCC2)ccc1OC1CCN(C)C1. The van der Waals surface area contributed by atoms with Crippen molar-refractivity contribution in [2.45, 2.75) is 43.7 Å². The van der Waals surface area contributed by atoms with E-state index >= 15 is 0 Å². The van der Waals surface area contributed by atoms with E-state index in [2.05, 4.69) is 24.1 Å². The Labute approximate surface area is 127 Å². The summed E-state index contributed by atoms with van der Waals surface area (Å²) in [5.41, 5.74) is 7.53. The third-order valence-corrected chi connectivity index (χ3v) is 4.88. The van der Waals surface area contributed by atoms with Gasteiger partial charge in [0.2, 0.25) is 0 Å². The lowest BCUT2D eigenvalue weighted by Crippen LogP contribution is -2.33. The first-order chi connectivity index (χ1) is 10.1. The first kappa shape index (κ1) is 14.7. The Kier molecular flexibility index (Phi) is 4.09. The van der Waals surface area contributed by atoms with Gasteiger partial charge in [-0.1, -0.05) is 18.9 Å².